The number of benzene rings is 1. The minimum absolute atomic E-state index is 0.199. The van der Waals surface area contributed by atoms with Gasteiger partial charge < -0.3 is 10.1 Å². The number of H-pyrrole nitrogens is 1. The summed E-state index contributed by atoms with van der Waals surface area (Å²) < 4.78 is 6.17. The summed E-state index contributed by atoms with van der Waals surface area (Å²) in [5, 5.41) is 15.3. The summed E-state index contributed by atoms with van der Waals surface area (Å²) in [5.41, 5.74) is 2.14. The zero-order valence-corrected chi connectivity index (χ0v) is 19.5. The lowest BCUT2D eigenvalue weighted by Gasteiger charge is -2.22. The van der Waals surface area contributed by atoms with E-state index in [0.29, 0.717) is 33.9 Å². The summed E-state index contributed by atoms with van der Waals surface area (Å²) in [6, 6.07) is 9.31. The number of nitrogens with one attached hydrogen (secondary N) is 3. The molecule has 0 saturated heterocycles. The van der Waals surface area contributed by atoms with Crippen molar-refractivity contribution in [2.24, 2.45) is 0 Å². The zero-order valence-electron chi connectivity index (χ0n) is 18.6. The Morgan fingerprint density at radius 1 is 1.12 bits per heavy atom. The van der Waals surface area contributed by atoms with Gasteiger partial charge in [0.2, 0.25) is 0 Å². The second-order valence-corrected chi connectivity index (χ2v) is 9.53. The van der Waals surface area contributed by atoms with Gasteiger partial charge in [-0.25, -0.2) is 9.97 Å². The van der Waals surface area contributed by atoms with E-state index in [4.69, 9.17) is 4.74 Å². The largest absolute Gasteiger partial charge is 0.456 e. The second kappa shape index (κ2) is 9.19. The van der Waals surface area contributed by atoms with Gasteiger partial charge in [0.25, 0.3) is 5.91 Å². The lowest BCUT2D eigenvalue weighted by atomic mass is 9.95. The standard InChI is InChI=1S/C24H26N6O2S/c1-14-15(2)33-24(26-14)28-23(31)16-8-10-18(11-9-16)32-19-12-13-25-21-20(19)22(30-29-21)27-17-6-4-3-5-7-17/h8-13,17H,3-7H2,1-2H3,(H,26,28,31)(H2,25,27,29,30). The highest BCUT2D eigenvalue weighted by Gasteiger charge is 2.19. The number of fused-ring (bicyclic) bond motifs is 1. The molecule has 3 N–H and O–H groups in total. The predicted octanol–water partition coefficient (Wildman–Crippen LogP) is 5.82. The molecule has 0 atom stereocenters. The van der Waals surface area contributed by atoms with Crippen molar-refractivity contribution in [2.45, 2.75) is 52.0 Å². The Balaban J connectivity index is 1.32. The number of carbonyl (C=O) groups is 1. The molecule has 1 aromatic carbocycles. The number of thiazole rings is 1. The molecule has 0 radical (unpaired) electrons. The van der Waals surface area contributed by atoms with Crippen molar-refractivity contribution in [3.05, 3.63) is 52.7 Å². The van der Waals surface area contributed by atoms with Crippen LogP contribution in [0.15, 0.2) is 36.5 Å². The number of ether oxygens (including phenoxy) is 1. The fourth-order valence-electron chi connectivity index (χ4n) is 4.05. The lowest BCUT2D eigenvalue weighted by molar-refractivity contribution is 0.102. The van der Waals surface area contributed by atoms with Crippen LogP contribution < -0.4 is 15.4 Å². The van der Waals surface area contributed by atoms with Gasteiger partial charge in [0.05, 0.1) is 5.69 Å². The first kappa shape index (κ1) is 21.4. The molecule has 33 heavy (non-hydrogen) atoms. The molecule has 0 aliphatic heterocycles. The molecular weight excluding hydrogens is 436 g/mol. The molecule has 5 rings (SSSR count). The molecule has 1 aliphatic carbocycles. The molecule has 8 nitrogen and oxygen atoms in total. The van der Waals surface area contributed by atoms with Crippen LogP contribution in [0, 0.1) is 13.8 Å². The van der Waals surface area contributed by atoms with Gasteiger partial charge in [0.15, 0.2) is 16.6 Å². The number of carbonyl (C=O) groups excluding carboxylic acids is 1. The first-order valence-electron chi connectivity index (χ1n) is 11.2. The number of aromatic amines is 1. The zero-order chi connectivity index (χ0) is 22.8. The van der Waals surface area contributed by atoms with E-state index in [2.05, 4.69) is 30.8 Å². The normalized spacial score (nSPS) is 14.4. The molecule has 3 aromatic heterocycles. The Hall–Kier alpha value is -3.46. The van der Waals surface area contributed by atoms with Gasteiger partial charge in [-0.1, -0.05) is 19.3 Å². The van der Waals surface area contributed by atoms with E-state index in [1.165, 1.54) is 30.6 Å². The average Bonchev–Trinajstić information content (AvgIpc) is 3.37. The van der Waals surface area contributed by atoms with Crippen LogP contribution in [0.5, 0.6) is 11.5 Å². The fourth-order valence-corrected chi connectivity index (χ4v) is 4.86. The van der Waals surface area contributed by atoms with Crippen molar-refractivity contribution in [3.63, 3.8) is 0 Å². The number of amides is 1. The number of nitrogens with zero attached hydrogens (tertiary/aromatic N) is 3. The number of rotatable bonds is 6. The van der Waals surface area contributed by atoms with Gasteiger partial charge in [0, 0.05) is 28.7 Å². The topological polar surface area (TPSA) is 105 Å². The van der Waals surface area contributed by atoms with Crippen molar-refractivity contribution < 1.29 is 9.53 Å². The van der Waals surface area contributed by atoms with Crippen molar-refractivity contribution >= 4 is 39.2 Å². The van der Waals surface area contributed by atoms with Gasteiger partial charge in [-0.05, 0) is 51.0 Å². The van der Waals surface area contributed by atoms with Crippen molar-refractivity contribution in [2.75, 3.05) is 10.6 Å². The van der Waals surface area contributed by atoms with Crippen LogP contribution in [-0.4, -0.2) is 32.1 Å². The lowest BCUT2D eigenvalue weighted by Crippen LogP contribution is -2.22. The molecule has 170 valence electrons. The third-order valence-electron chi connectivity index (χ3n) is 5.96. The van der Waals surface area contributed by atoms with E-state index < -0.39 is 0 Å². The Labute approximate surface area is 195 Å². The SMILES string of the molecule is Cc1nc(NC(=O)c2ccc(Oc3ccnc4[nH]nc(NC5CCCCC5)c34)cc2)sc1C. The number of aryl methyl sites for hydroxylation is 2. The van der Waals surface area contributed by atoms with Crippen LogP contribution >= 0.6 is 11.3 Å². The molecule has 1 fully saturated rings. The van der Waals surface area contributed by atoms with Gasteiger partial charge in [-0.15, -0.1) is 11.3 Å². The summed E-state index contributed by atoms with van der Waals surface area (Å²) in [7, 11) is 0. The van der Waals surface area contributed by atoms with E-state index in [1.807, 2.05) is 19.9 Å². The summed E-state index contributed by atoms with van der Waals surface area (Å²) in [4.78, 5) is 22.4. The highest BCUT2D eigenvalue weighted by atomic mass is 32.1. The van der Waals surface area contributed by atoms with Crippen LogP contribution in [0.4, 0.5) is 10.9 Å². The van der Waals surface area contributed by atoms with Crippen LogP contribution in [0.3, 0.4) is 0 Å². The summed E-state index contributed by atoms with van der Waals surface area (Å²) in [6.45, 7) is 3.92. The maximum absolute atomic E-state index is 12.6. The van der Waals surface area contributed by atoms with E-state index in [0.717, 1.165) is 34.6 Å². The van der Waals surface area contributed by atoms with E-state index >= 15 is 0 Å². The Morgan fingerprint density at radius 3 is 2.64 bits per heavy atom. The third kappa shape index (κ3) is 4.68. The number of aromatic nitrogens is 4. The highest BCUT2D eigenvalue weighted by molar-refractivity contribution is 7.15. The fraction of sp³-hybridized carbons (Fsp3) is 0.333. The van der Waals surface area contributed by atoms with Crippen LogP contribution in [0.1, 0.15) is 53.0 Å². The van der Waals surface area contributed by atoms with Gasteiger partial charge in [0.1, 0.15) is 16.9 Å². The first-order chi connectivity index (χ1) is 16.1. The van der Waals surface area contributed by atoms with Gasteiger partial charge in [-0.2, -0.15) is 5.10 Å². The van der Waals surface area contributed by atoms with Gasteiger partial charge >= 0.3 is 0 Å². The maximum Gasteiger partial charge on any atom is 0.257 e. The molecule has 9 heteroatoms. The maximum atomic E-state index is 12.6. The van der Waals surface area contributed by atoms with Crippen LogP contribution in [-0.2, 0) is 0 Å². The number of hydrogen-bond acceptors (Lipinski definition) is 7. The van der Waals surface area contributed by atoms with Crippen LogP contribution in [0.25, 0.3) is 11.0 Å². The quantitative estimate of drug-likeness (QED) is 0.333. The molecule has 1 amide bonds. The van der Waals surface area contributed by atoms with E-state index in [9.17, 15) is 4.79 Å². The first-order valence-corrected chi connectivity index (χ1v) is 12.0. The van der Waals surface area contributed by atoms with Crippen molar-refractivity contribution in [1.82, 2.24) is 20.2 Å². The summed E-state index contributed by atoms with van der Waals surface area (Å²) in [5.74, 6) is 1.86. The van der Waals surface area contributed by atoms with Crippen molar-refractivity contribution in [3.8, 4) is 11.5 Å². The minimum atomic E-state index is -0.199. The Kier molecular flexibility index (Phi) is 5.95. The smallest absolute Gasteiger partial charge is 0.257 e. The third-order valence-corrected chi connectivity index (χ3v) is 6.95. The van der Waals surface area contributed by atoms with Crippen molar-refractivity contribution in [1.29, 1.82) is 0 Å². The minimum Gasteiger partial charge on any atom is -0.456 e. The molecule has 4 aromatic rings. The van der Waals surface area contributed by atoms with E-state index in [1.54, 1.807) is 30.5 Å². The summed E-state index contributed by atoms with van der Waals surface area (Å²) in [6.07, 6.45) is 7.77. The predicted molar refractivity (Wildman–Crippen MR) is 130 cm³/mol. The molecule has 1 aliphatic rings. The second-order valence-electron chi connectivity index (χ2n) is 8.33. The summed E-state index contributed by atoms with van der Waals surface area (Å²) >= 11 is 1.47. The highest BCUT2D eigenvalue weighted by Crippen LogP contribution is 2.34. The van der Waals surface area contributed by atoms with E-state index in [-0.39, 0.29) is 5.91 Å². The molecule has 0 unspecified atom stereocenters. The molecule has 0 spiro atoms. The average molecular weight is 463 g/mol. The van der Waals surface area contributed by atoms with Gasteiger partial charge in [-0.3, -0.25) is 15.2 Å². The number of hydrogen-bond donors (Lipinski definition) is 3. The Morgan fingerprint density at radius 2 is 1.91 bits per heavy atom. The number of anilines is 2. The molecule has 1 saturated carbocycles. The monoisotopic (exact) mass is 462 g/mol. The van der Waals surface area contributed by atoms with Crippen LogP contribution in [0.2, 0.25) is 0 Å². The molecule has 0 bridgehead atoms. The molecular formula is C24H26N6O2S. The number of pyridine rings is 1. The molecule has 3 heterocycles. The Bertz CT molecular complexity index is 1250.